The summed E-state index contributed by atoms with van der Waals surface area (Å²) in [4.78, 5) is 17.2. The molecule has 1 aliphatic rings. The average Bonchev–Trinajstić information content (AvgIpc) is 3.29. The summed E-state index contributed by atoms with van der Waals surface area (Å²) < 4.78 is 11.7. The molecular weight excluding hydrogens is 414 g/mol. The number of carbonyl (C=O) groups is 1. The second kappa shape index (κ2) is 10.7. The number of amides is 1. The lowest BCUT2D eigenvalue weighted by molar-refractivity contribution is -0.117. The maximum atomic E-state index is 12.5. The Morgan fingerprint density at radius 3 is 2.30 bits per heavy atom. The topological polar surface area (TPSA) is 72.5 Å². The van der Waals surface area contributed by atoms with Crippen LogP contribution in [-0.4, -0.2) is 37.2 Å². The molecule has 1 aromatic heterocycles. The zero-order valence-corrected chi connectivity index (χ0v) is 21.0. The van der Waals surface area contributed by atoms with Crippen molar-refractivity contribution >= 4 is 17.8 Å². The van der Waals surface area contributed by atoms with Gasteiger partial charge in [-0.25, -0.2) is 4.98 Å². The van der Waals surface area contributed by atoms with Crippen LogP contribution < -0.4 is 20.1 Å². The van der Waals surface area contributed by atoms with Gasteiger partial charge in [0.1, 0.15) is 17.3 Å². The van der Waals surface area contributed by atoms with Gasteiger partial charge in [0.15, 0.2) is 0 Å². The molecule has 1 amide bonds. The van der Waals surface area contributed by atoms with Crippen molar-refractivity contribution in [3.8, 4) is 22.6 Å². The highest BCUT2D eigenvalue weighted by Crippen LogP contribution is 2.44. The summed E-state index contributed by atoms with van der Waals surface area (Å²) in [6, 6.07) is 4.69. The van der Waals surface area contributed by atoms with Crippen molar-refractivity contribution in [1.82, 2.24) is 10.3 Å². The molecule has 3 rings (SSSR count). The average molecular weight is 452 g/mol. The number of pyridine rings is 1. The van der Waals surface area contributed by atoms with Crippen molar-refractivity contribution in [1.29, 1.82) is 0 Å². The summed E-state index contributed by atoms with van der Waals surface area (Å²) in [6.45, 7) is 9.71. The van der Waals surface area contributed by atoms with Gasteiger partial charge in [0.2, 0.25) is 5.91 Å². The van der Waals surface area contributed by atoms with Crippen LogP contribution in [0.3, 0.4) is 0 Å². The molecule has 1 aromatic carbocycles. The highest BCUT2D eigenvalue weighted by atomic mass is 16.5. The van der Waals surface area contributed by atoms with Gasteiger partial charge in [-0.1, -0.05) is 12.8 Å². The molecule has 2 N–H and O–H groups in total. The smallest absolute Gasteiger partial charge is 0.247 e. The summed E-state index contributed by atoms with van der Waals surface area (Å²) in [5.41, 5.74) is 5.24. The number of hydrogen-bond donors (Lipinski definition) is 2. The number of benzene rings is 1. The molecule has 0 atom stereocenters. The van der Waals surface area contributed by atoms with Gasteiger partial charge in [-0.2, -0.15) is 0 Å². The lowest BCUT2D eigenvalue weighted by Crippen LogP contribution is -2.30. The van der Waals surface area contributed by atoms with Crippen LogP contribution in [0.5, 0.6) is 11.5 Å². The third-order valence-corrected chi connectivity index (χ3v) is 6.24. The minimum Gasteiger partial charge on any atom is -0.496 e. The summed E-state index contributed by atoms with van der Waals surface area (Å²) in [5, 5.41) is 6.48. The Hall–Kier alpha value is -3.02. The lowest BCUT2D eigenvalue weighted by Gasteiger charge is -2.21. The fourth-order valence-electron chi connectivity index (χ4n) is 4.57. The Morgan fingerprint density at radius 2 is 1.76 bits per heavy atom. The zero-order chi connectivity index (χ0) is 24.1. The molecule has 33 heavy (non-hydrogen) atoms. The van der Waals surface area contributed by atoms with Gasteiger partial charge in [-0.05, 0) is 65.7 Å². The highest BCUT2D eigenvalue weighted by molar-refractivity contribution is 5.98. The summed E-state index contributed by atoms with van der Waals surface area (Å²) in [6.07, 6.45) is 8.73. The van der Waals surface area contributed by atoms with Crippen LogP contribution in [0.1, 0.15) is 63.1 Å². The van der Waals surface area contributed by atoms with Gasteiger partial charge in [-0.15, -0.1) is 0 Å². The molecule has 0 spiro atoms. The van der Waals surface area contributed by atoms with Gasteiger partial charge in [0.05, 0.1) is 14.2 Å². The van der Waals surface area contributed by atoms with Crippen molar-refractivity contribution in [3.63, 3.8) is 0 Å². The highest BCUT2D eigenvalue weighted by Gasteiger charge is 2.22. The van der Waals surface area contributed by atoms with E-state index >= 15 is 0 Å². The van der Waals surface area contributed by atoms with Gasteiger partial charge < -0.3 is 20.1 Å². The minimum atomic E-state index is -0.0956. The number of carbonyl (C=O) groups excluding carboxylic acids is 1. The second-order valence-electron chi connectivity index (χ2n) is 9.12. The van der Waals surface area contributed by atoms with E-state index in [9.17, 15) is 4.79 Å². The van der Waals surface area contributed by atoms with E-state index in [-0.39, 0.29) is 11.9 Å². The Labute approximate surface area is 197 Å². The fourth-order valence-corrected chi connectivity index (χ4v) is 4.57. The number of methoxy groups -OCH3 is 2. The largest absolute Gasteiger partial charge is 0.496 e. The van der Waals surface area contributed by atoms with Crippen LogP contribution in [-0.2, 0) is 4.79 Å². The Balaban J connectivity index is 2.03. The lowest BCUT2D eigenvalue weighted by atomic mass is 9.91. The Kier molecular flexibility index (Phi) is 8.01. The van der Waals surface area contributed by atoms with Gasteiger partial charge in [-0.3, -0.25) is 4.79 Å². The molecular formula is C27H37N3O3. The van der Waals surface area contributed by atoms with Crippen molar-refractivity contribution in [2.45, 2.75) is 72.4 Å². The first-order valence-electron chi connectivity index (χ1n) is 11.7. The number of nitrogens with zero attached hydrogens (tertiary/aromatic N) is 1. The van der Waals surface area contributed by atoms with Crippen molar-refractivity contribution < 1.29 is 14.3 Å². The van der Waals surface area contributed by atoms with E-state index in [0.29, 0.717) is 11.6 Å². The van der Waals surface area contributed by atoms with Gasteiger partial charge in [0.25, 0.3) is 0 Å². The van der Waals surface area contributed by atoms with Crippen LogP contribution >= 0.6 is 0 Å². The van der Waals surface area contributed by atoms with E-state index in [1.807, 2.05) is 53.0 Å². The maximum Gasteiger partial charge on any atom is 0.247 e. The van der Waals surface area contributed by atoms with E-state index in [1.54, 1.807) is 14.2 Å². The second-order valence-corrected chi connectivity index (χ2v) is 9.12. The SMILES string of the molecule is COc1c(C)c(-c2ccc(NC3CCCC3)nc2)c(OC)c(C)c1C=C(C)C(=O)NC(C)C. The molecule has 0 aliphatic heterocycles. The number of nitrogens with one attached hydrogen (secondary N) is 2. The standard InChI is InChI=1S/C27H37N3O3/c1-16(2)29-27(31)17(3)14-22-18(4)26(33-7)24(19(5)25(22)32-6)20-12-13-23(28-15-20)30-21-10-8-9-11-21/h12-16,21H,8-11H2,1-7H3,(H,28,30)(H,29,31). The number of aromatic nitrogens is 1. The molecule has 0 unspecified atom stereocenters. The normalized spacial score (nSPS) is 14.5. The van der Waals surface area contributed by atoms with Crippen molar-refractivity contribution in [3.05, 3.63) is 40.6 Å². The molecule has 1 fully saturated rings. The van der Waals surface area contributed by atoms with E-state index in [0.717, 1.165) is 45.1 Å². The zero-order valence-electron chi connectivity index (χ0n) is 21.0. The van der Waals surface area contributed by atoms with Crippen LogP contribution in [0.2, 0.25) is 0 Å². The molecule has 0 bridgehead atoms. The first-order chi connectivity index (χ1) is 15.8. The molecule has 2 aromatic rings. The van der Waals surface area contributed by atoms with Crippen LogP contribution in [0, 0.1) is 13.8 Å². The van der Waals surface area contributed by atoms with Gasteiger partial charge in [0, 0.05) is 51.7 Å². The number of hydrogen-bond acceptors (Lipinski definition) is 5. The van der Waals surface area contributed by atoms with Crippen LogP contribution in [0.25, 0.3) is 17.2 Å². The summed E-state index contributed by atoms with van der Waals surface area (Å²) in [7, 11) is 3.33. The molecule has 0 radical (unpaired) electrons. The summed E-state index contributed by atoms with van der Waals surface area (Å²) in [5.74, 6) is 2.29. The molecule has 1 heterocycles. The van der Waals surface area contributed by atoms with E-state index in [2.05, 4.69) is 21.7 Å². The predicted molar refractivity (Wildman–Crippen MR) is 135 cm³/mol. The molecule has 1 aliphatic carbocycles. The third-order valence-electron chi connectivity index (χ3n) is 6.24. The number of anilines is 1. The van der Waals surface area contributed by atoms with E-state index in [1.165, 1.54) is 25.7 Å². The predicted octanol–water partition coefficient (Wildman–Crippen LogP) is 5.67. The van der Waals surface area contributed by atoms with Crippen molar-refractivity contribution in [2.24, 2.45) is 0 Å². The maximum absolute atomic E-state index is 12.5. The monoisotopic (exact) mass is 451 g/mol. The molecule has 6 nitrogen and oxygen atoms in total. The summed E-state index contributed by atoms with van der Waals surface area (Å²) >= 11 is 0. The molecule has 0 saturated heterocycles. The minimum absolute atomic E-state index is 0.0705. The Bertz CT molecular complexity index is 1020. The quantitative estimate of drug-likeness (QED) is 0.506. The fraction of sp³-hybridized carbons (Fsp3) is 0.481. The molecule has 1 saturated carbocycles. The first-order valence-corrected chi connectivity index (χ1v) is 11.7. The van der Waals surface area contributed by atoms with E-state index in [4.69, 9.17) is 9.47 Å². The van der Waals surface area contributed by atoms with Crippen molar-refractivity contribution in [2.75, 3.05) is 19.5 Å². The third kappa shape index (κ3) is 5.49. The molecule has 178 valence electrons. The van der Waals surface area contributed by atoms with Crippen LogP contribution in [0.4, 0.5) is 5.82 Å². The van der Waals surface area contributed by atoms with Crippen LogP contribution in [0.15, 0.2) is 23.9 Å². The van der Waals surface area contributed by atoms with Gasteiger partial charge >= 0.3 is 0 Å². The first kappa shape index (κ1) is 24.6. The number of rotatable bonds is 8. The Morgan fingerprint density at radius 1 is 1.09 bits per heavy atom. The molecule has 6 heteroatoms. The number of ether oxygens (including phenoxy) is 2. The van der Waals surface area contributed by atoms with E-state index < -0.39 is 0 Å².